The van der Waals surface area contributed by atoms with Crippen molar-refractivity contribution in [3.8, 4) is 11.8 Å². The van der Waals surface area contributed by atoms with Crippen molar-refractivity contribution in [1.82, 2.24) is 10.3 Å². The summed E-state index contributed by atoms with van der Waals surface area (Å²) in [6.45, 7) is 5.97. The minimum atomic E-state index is -0.480. The Bertz CT molecular complexity index is 716. The monoisotopic (exact) mass is 296 g/mol. The first-order valence-electron chi connectivity index (χ1n) is 7.25. The number of rotatable bonds is 2. The highest BCUT2D eigenvalue weighted by atomic mass is 16.6. The summed E-state index contributed by atoms with van der Waals surface area (Å²) >= 11 is 0. The number of pyridine rings is 1. The molecule has 114 valence electrons. The van der Waals surface area contributed by atoms with E-state index < -0.39 is 11.7 Å². The zero-order valence-corrected chi connectivity index (χ0v) is 13.1. The lowest BCUT2D eigenvalue weighted by Gasteiger charge is -2.19. The summed E-state index contributed by atoms with van der Waals surface area (Å²) < 4.78 is 5.15. The molecule has 1 aromatic heterocycles. The molecule has 2 aromatic rings. The molecule has 1 aromatic carbocycles. The molecule has 4 nitrogen and oxygen atoms in total. The Labute approximate surface area is 130 Å². The molecule has 0 unspecified atom stereocenters. The van der Waals surface area contributed by atoms with E-state index in [1.165, 1.54) is 0 Å². The highest BCUT2D eigenvalue weighted by Gasteiger charge is 2.15. The average Bonchev–Trinajstić information content (AvgIpc) is 2.45. The molecule has 22 heavy (non-hydrogen) atoms. The number of ether oxygens (including phenoxy) is 1. The largest absolute Gasteiger partial charge is 0.444 e. The molecule has 0 saturated carbocycles. The van der Waals surface area contributed by atoms with Gasteiger partial charge in [0.05, 0.1) is 5.52 Å². The molecule has 2 rings (SSSR count). The Morgan fingerprint density at radius 1 is 1.27 bits per heavy atom. The average molecular weight is 296 g/mol. The van der Waals surface area contributed by atoms with Crippen LogP contribution < -0.4 is 5.32 Å². The van der Waals surface area contributed by atoms with E-state index in [0.717, 1.165) is 16.5 Å². The number of alkyl carbamates (subject to hydrolysis) is 1. The van der Waals surface area contributed by atoms with Crippen molar-refractivity contribution in [1.29, 1.82) is 0 Å². The van der Waals surface area contributed by atoms with Crippen LogP contribution in [0.25, 0.3) is 10.9 Å². The van der Waals surface area contributed by atoms with Gasteiger partial charge in [-0.1, -0.05) is 24.0 Å². The van der Waals surface area contributed by atoms with E-state index in [0.29, 0.717) is 13.0 Å². The molecule has 1 amide bonds. The number of hydrogen-bond donors (Lipinski definition) is 1. The summed E-state index contributed by atoms with van der Waals surface area (Å²) in [5.41, 5.74) is 1.40. The van der Waals surface area contributed by atoms with Gasteiger partial charge < -0.3 is 10.1 Å². The highest BCUT2D eigenvalue weighted by molar-refractivity contribution is 5.84. The molecular weight excluding hydrogens is 276 g/mol. The van der Waals surface area contributed by atoms with Crippen LogP contribution in [0.4, 0.5) is 4.79 Å². The van der Waals surface area contributed by atoms with Crippen LogP contribution in [0.5, 0.6) is 0 Å². The summed E-state index contributed by atoms with van der Waals surface area (Å²) in [5.74, 6) is 6.19. The van der Waals surface area contributed by atoms with Gasteiger partial charge in [-0.05, 0) is 39.0 Å². The molecule has 4 heteroatoms. The fourth-order valence-electron chi connectivity index (χ4n) is 1.91. The number of carbonyl (C=O) groups is 1. The standard InChI is InChI=1S/C18H20N2O2/c1-18(2,3)22-17(21)20-12-5-4-8-14-9-6-11-16-15(14)10-7-13-19-16/h6-7,9-11,13H,5,12H2,1-3H3,(H,20,21). The SMILES string of the molecule is CC(C)(C)OC(=O)NCCC#Cc1cccc2ncccc12. The summed E-state index contributed by atoms with van der Waals surface area (Å²) in [6, 6.07) is 9.78. The van der Waals surface area contributed by atoms with Gasteiger partial charge in [0.15, 0.2) is 0 Å². The normalized spacial score (nSPS) is 10.7. The Kier molecular flexibility index (Phi) is 5.00. The highest BCUT2D eigenvalue weighted by Crippen LogP contribution is 2.15. The quantitative estimate of drug-likeness (QED) is 0.681. The van der Waals surface area contributed by atoms with Crippen molar-refractivity contribution in [2.24, 2.45) is 0 Å². The van der Waals surface area contributed by atoms with Crippen molar-refractivity contribution in [2.45, 2.75) is 32.8 Å². The van der Waals surface area contributed by atoms with Gasteiger partial charge >= 0.3 is 6.09 Å². The van der Waals surface area contributed by atoms with Crippen LogP contribution in [0.15, 0.2) is 36.5 Å². The molecule has 0 aliphatic carbocycles. The summed E-state index contributed by atoms with van der Waals surface area (Å²) in [4.78, 5) is 15.8. The van der Waals surface area contributed by atoms with Crippen molar-refractivity contribution in [2.75, 3.05) is 6.54 Å². The van der Waals surface area contributed by atoms with Gasteiger partial charge in [0, 0.05) is 30.1 Å². The fourth-order valence-corrected chi connectivity index (χ4v) is 1.91. The first-order chi connectivity index (χ1) is 10.5. The second kappa shape index (κ2) is 6.95. The lowest BCUT2D eigenvalue weighted by atomic mass is 10.1. The fraction of sp³-hybridized carbons (Fsp3) is 0.333. The molecule has 0 bridgehead atoms. The van der Waals surface area contributed by atoms with E-state index in [-0.39, 0.29) is 0 Å². The molecule has 0 atom stereocenters. The van der Waals surface area contributed by atoms with Gasteiger partial charge in [0.2, 0.25) is 0 Å². The topological polar surface area (TPSA) is 51.2 Å². The minimum absolute atomic E-state index is 0.413. The number of aromatic nitrogens is 1. The van der Waals surface area contributed by atoms with E-state index in [1.807, 2.05) is 51.1 Å². The molecule has 0 radical (unpaired) electrons. The molecule has 0 fully saturated rings. The zero-order chi connectivity index (χ0) is 16.0. The Morgan fingerprint density at radius 2 is 2.09 bits per heavy atom. The smallest absolute Gasteiger partial charge is 0.407 e. The number of amides is 1. The molecule has 1 N–H and O–H groups in total. The van der Waals surface area contributed by atoms with Crippen LogP contribution in [0.2, 0.25) is 0 Å². The van der Waals surface area contributed by atoms with Gasteiger partial charge in [0.1, 0.15) is 5.60 Å². The maximum atomic E-state index is 11.5. The van der Waals surface area contributed by atoms with Crippen molar-refractivity contribution < 1.29 is 9.53 Å². The lowest BCUT2D eigenvalue weighted by Crippen LogP contribution is -2.32. The van der Waals surface area contributed by atoms with E-state index in [4.69, 9.17) is 4.74 Å². The second-order valence-electron chi connectivity index (χ2n) is 5.86. The summed E-state index contributed by atoms with van der Waals surface area (Å²) in [6.07, 6.45) is 1.92. The molecule has 0 spiro atoms. The van der Waals surface area contributed by atoms with Gasteiger partial charge in [-0.2, -0.15) is 0 Å². The Hall–Kier alpha value is -2.54. The molecule has 0 aliphatic rings. The molecule has 0 aliphatic heterocycles. The van der Waals surface area contributed by atoms with Crippen molar-refractivity contribution in [3.63, 3.8) is 0 Å². The number of benzene rings is 1. The van der Waals surface area contributed by atoms with Crippen molar-refractivity contribution in [3.05, 3.63) is 42.1 Å². The van der Waals surface area contributed by atoms with Gasteiger partial charge in [-0.3, -0.25) is 4.98 Å². The predicted octanol–water partition coefficient (Wildman–Crippen LogP) is 3.50. The summed E-state index contributed by atoms with van der Waals surface area (Å²) in [5, 5.41) is 3.73. The van der Waals surface area contributed by atoms with Gasteiger partial charge in [0.25, 0.3) is 0 Å². The van der Waals surface area contributed by atoms with E-state index in [9.17, 15) is 4.79 Å². The van der Waals surface area contributed by atoms with Gasteiger partial charge in [-0.15, -0.1) is 0 Å². The maximum Gasteiger partial charge on any atom is 0.407 e. The van der Waals surface area contributed by atoms with Crippen molar-refractivity contribution >= 4 is 17.0 Å². The van der Waals surface area contributed by atoms with E-state index in [2.05, 4.69) is 22.1 Å². The zero-order valence-electron chi connectivity index (χ0n) is 13.1. The summed E-state index contributed by atoms with van der Waals surface area (Å²) in [7, 11) is 0. The molecule has 0 saturated heterocycles. The van der Waals surface area contributed by atoms with Crippen LogP contribution in [-0.4, -0.2) is 23.2 Å². The van der Waals surface area contributed by atoms with Gasteiger partial charge in [-0.25, -0.2) is 4.79 Å². The molecular formula is C18H20N2O2. The van der Waals surface area contributed by atoms with Crippen LogP contribution in [0.3, 0.4) is 0 Å². The first kappa shape index (κ1) is 15.8. The first-order valence-corrected chi connectivity index (χ1v) is 7.25. The Balaban J connectivity index is 1.90. The third kappa shape index (κ3) is 4.78. The number of hydrogen-bond acceptors (Lipinski definition) is 3. The van der Waals surface area contributed by atoms with Crippen LogP contribution in [-0.2, 0) is 4.74 Å². The number of fused-ring (bicyclic) bond motifs is 1. The number of carbonyl (C=O) groups excluding carboxylic acids is 1. The predicted molar refractivity (Wildman–Crippen MR) is 87.5 cm³/mol. The number of nitrogens with one attached hydrogen (secondary N) is 1. The third-order valence-electron chi connectivity index (χ3n) is 2.79. The number of nitrogens with zero attached hydrogens (tertiary/aromatic N) is 1. The minimum Gasteiger partial charge on any atom is -0.444 e. The van der Waals surface area contributed by atoms with Crippen LogP contribution in [0.1, 0.15) is 32.8 Å². The van der Waals surface area contributed by atoms with E-state index >= 15 is 0 Å². The third-order valence-corrected chi connectivity index (χ3v) is 2.79. The van der Waals surface area contributed by atoms with Crippen LogP contribution in [0, 0.1) is 11.8 Å². The lowest BCUT2D eigenvalue weighted by molar-refractivity contribution is 0.0529. The Morgan fingerprint density at radius 3 is 2.86 bits per heavy atom. The second-order valence-corrected chi connectivity index (χ2v) is 5.86. The molecule has 1 heterocycles. The van der Waals surface area contributed by atoms with Crippen LogP contribution >= 0.6 is 0 Å². The maximum absolute atomic E-state index is 11.5. The van der Waals surface area contributed by atoms with E-state index in [1.54, 1.807) is 6.20 Å².